The van der Waals surface area contributed by atoms with E-state index >= 15 is 0 Å². The van der Waals surface area contributed by atoms with Gasteiger partial charge in [-0.05, 0) is 49.6 Å². The van der Waals surface area contributed by atoms with E-state index in [9.17, 15) is 9.59 Å². The summed E-state index contributed by atoms with van der Waals surface area (Å²) in [7, 11) is 1.36. The standard InChI is InChI=1S/C19H20N2O3/c1-13-17(12-22)18(14-6-4-3-5-7-14)20-21(13)16-10-8-15(9-11-16)19(23)24-2/h4,6-13,17H,3,5H2,1-2H3. The quantitative estimate of drug-likeness (QED) is 0.631. The maximum Gasteiger partial charge on any atom is 0.337 e. The molecule has 0 radical (unpaired) electrons. The minimum atomic E-state index is -0.372. The van der Waals surface area contributed by atoms with Crippen LogP contribution in [0.3, 0.4) is 0 Å². The van der Waals surface area contributed by atoms with Gasteiger partial charge in [0.05, 0.1) is 36.0 Å². The van der Waals surface area contributed by atoms with Crippen LogP contribution in [-0.4, -0.2) is 31.1 Å². The van der Waals surface area contributed by atoms with Crippen molar-refractivity contribution >= 4 is 23.7 Å². The summed E-state index contributed by atoms with van der Waals surface area (Å²) in [5.74, 6) is -0.636. The van der Waals surface area contributed by atoms with Crippen molar-refractivity contribution in [1.29, 1.82) is 0 Å². The van der Waals surface area contributed by atoms with Crippen LogP contribution in [0.15, 0.2) is 53.2 Å². The van der Waals surface area contributed by atoms with Gasteiger partial charge in [-0.15, -0.1) is 0 Å². The van der Waals surface area contributed by atoms with Gasteiger partial charge in [0.1, 0.15) is 6.29 Å². The van der Waals surface area contributed by atoms with E-state index < -0.39 is 0 Å². The fraction of sp³-hybridized carbons (Fsp3) is 0.316. The zero-order chi connectivity index (χ0) is 17.1. The van der Waals surface area contributed by atoms with Crippen LogP contribution in [0.5, 0.6) is 0 Å². The van der Waals surface area contributed by atoms with Crippen molar-refractivity contribution in [2.75, 3.05) is 12.1 Å². The molecular formula is C19H20N2O3. The topological polar surface area (TPSA) is 59.0 Å². The summed E-state index contributed by atoms with van der Waals surface area (Å²) in [5, 5.41) is 6.54. The summed E-state index contributed by atoms with van der Waals surface area (Å²) in [4.78, 5) is 23.2. The monoisotopic (exact) mass is 324 g/mol. The number of hydrazone groups is 1. The molecule has 1 heterocycles. The number of hydrogen-bond acceptors (Lipinski definition) is 5. The number of benzene rings is 1. The van der Waals surface area contributed by atoms with Crippen molar-refractivity contribution in [1.82, 2.24) is 0 Å². The molecule has 0 N–H and O–H groups in total. The normalized spacial score (nSPS) is 22.8. The summed E-state index contributed by atoms with van der Waals surface area (Å²) in [5.41, 5.74) is 3.17. The third-order valence-electron chi connectivity index (χ3n) is 4.43. The van der Waals surface area contributed by atoms with Crippen molar-refractivity contribution < 1.29 is 14.3 Å². The van der Waals surface area contributed by atoms with Crippen molar-refractivity contribution in [3.63, 3.8) is 0 Å². The molecule has 5 heteroatoms. The molecule has 1 aliphatic carbocycles. The Morgan fingerprint density at radius 2 is 2.04 bits per heavy atom. The van der Waals surface area contributed by atoms with Crippen LogP contribution in [0.1, 0.15) is 30.1 Å². The number of carbonyl (C=O) groups excluding carboxylic acids is 2. The number of hydrogen-bond donors (Lipinski definition) is 0. The minimum absolute atomic E-state index is 0.0716. The van der Waals surface area contributed by atoms with Crippen LogP contribution in [0.2, 0.25) is 0 Å². The van der Waals surface area contributed by atoms with Gasteiger partial charge >= 0.3 is 5.97 Å². The summed E-state index contributed by atoms with van der Waals surface area (Å²) in [6.07, 6.45) is 9.24. The lowest BCUT2D eigenvalue weighted by molar-refractivity contribution is -0.109. The molecule has 5 nitrogen and oxygen atoms in total. The summed E-state index contributed by atoms with van der Waals surface area (Å²) in [6.45, 7) is 1.98. The second kappa shape index (κ2) is 6.83. The SMILES string of the molecule is COC(=O)c1ccc(N2N=C(C3=CCCC=C3)C(C=O)C2C)cc1. The van der Waals surface area contributed by atoms with Crippen molar-refractivity contribution in [3.05, 3.63) is 53.6 Å². The Labute approximate surface area is 141 Å². The van der Waals surface area contributed by atoms with E-state index in [1.54, 1.807) is 12.1 Å². The highest BCUT2D eigenvalue weighted by atomic mass is 16.5. The molecule has 0 amide bonds. The van der Waals surface area contributed by atoms with E-state index in [1.165, 1.54) is 7.11 Å². The number of carbonyl (C=O) groups is 2. The number of rotatable bonds is 4. The van der Waals surface area contributed by atoms with Crippen LogP contribution in [-0.2, 0) is 9.53 Å². The third-order valence-corrected chi connectivity index (χ3v) is 4.43. The lowest BCUT2D eigenvalue weighted by Gasteiger charge is -2.22. The van der Waals surface area contributed by atoms with E-state index in [0.29, 0.717) is 5.56 Å². The van der Waals surface area contributed by atoms with Crippen LogP contribution < -0.4 is 5.01 Å². The molecule has 2 atom stereocenters. The van der Waals surface area contributed by atoms with Crippen LogP contribution in [0.4, 0.5) is 5.69 Å². The highest BCUT2D eigenvalue weighted by Gasteiger charge is 2.36. The average Bonchev–Trinajstić information content (AvgIpc) is 2.98. The van der Waals surface area contributed by atoms with Gasteiger partial charge in [-0.1, -0.05) is 18.2 Å². The molecule has 0 spiro atoms. The lowest BCUT2D eigenvalue weighted by Crippen LogP contribution is -2.31. The number of methoxy groups -OCH3 is 1. The van der Waals surface area contributed by atoms with Crippen LogP contribution >= 0.6 is 0 Å². The minimum Gasteiger partial charge on any atom is -0.465 e. The second-order valence-corrected chi connectivity index (χ2v) is 5.91. The fourth-order valence-corrected chi connectivity index (χ4v) is 3.05. The Morgan fingerprint density at radius 1 is 1.29 bits per heavy atom. The number of nitrogens with zero attached hydrogens (tertiary/aromatic N) is 2. The molecule has 0 fully saturated rings. The second-order valence-electron chi connectivity index (χ2n) is 5.91. The number of esters is 1. The van der Waals surface area contributed by atoms with Crippen LogP contribution in [0.25, 0.3) is 0 Å². The zero-order valence-corrected chi connectivity index (χ0v) is 13.8. The van der Waals surface area contributed by atoms with Gasteiger partial charge in [-0.25, -0.2) is 4.79 Å². The van der Waals surface area contributed by atoms with E-state index in [-0.39, 0.29) is 17.9 Å². The lowest BCUT2D eigenvalue weighted by atomic mass is 9.90. The van der Waals surface area contributed by atoms with E-state index in [1.807, 2.05) is 30.1 Å². The number of allylic oxidation sites excluding steroid dienone is 4. The molecule has 2 aliphatic rings. The zero-order valence-electron chi connectivity index (χ0n) is 13.8. The highest BCUT2D eigenvalue weighted by Crippen LogP contribution is 2.31. The molecule has 3 rings (SSSR count). The van der Waals surface area contributed by atoms with Crippen LogP contribution in [0, 0.1) is 5.92 Å². The molecule has 0 saturated carbocycles. The largest absolute Gasteiger partial charge is 0.465 e. The Morgan fingerprint density at radius 3 is 2.62 bits per heavy atom. The van der Waals surface area contributed by atoms with Gasteiger partial charge in [0.2, 0.25) is 0 Å². The Balaban J connectivity index is 1.91. The van der Waals surface area contributed by atoms with E-state index in [4.69, 9.17) is 9.84 Å². The van der Waals surface area contributed by atoms with Gasteiger partial charge < -0.3 is 9.53 Å². The molecule has 24 heavy (non-hydrogen) atoms. The summed E-state index contributed by atoms with van der Waals surface area (Å²) >= 11 is 0. The first-order valence-electron chi connectivity index (χ1n) is 8.04. The molecule has 0 saturated heterocycles. The molecule has 1 aliphatic heterocycles. The Hall–Kier alpha value is -2.69. The van der Waals surface area contributed by atoms with Gasteiger partial charge in [0, 0.05) is 0 Å². The number of ether oxygens (including phenoxy) is 1. The molecule has 0 aromatic heterocycles. The van der Waals surface area contributed by atoms with Gasteiger partial charge in [0.25, 0.3) is 0 Å². The smallest absolute Gasteiger partial charge is 0.337 e. The van der Waals surface area contributed by atoms with E-state index in [2.05, 4.69) is 12.2 Å². The maximum absolute atomic E-state index is 11.6. The molecular weight excluding hydrogens is 304 g/mol. The van der Waals surface area contributed by atoms with Gasteiger partial charge in [-0.2, -0.15) is 5.10 Å². The summed E-state index contributed by atoms with van der Waals surface area (Å²) < 4.78 is 4.71. The molecule has 2 unspecified atom stereocenters. The predicted octanol–water partition coefficient (Wildman–Crippen LogP) is 3.13. The van der Waals surface area contributed by atoms with Gasteiger partial charge in [0.15, 0.2) is 0 Å². The first-order valence-corrected chi connectivity index (χ1v) is 8.04. The van der Waals surface area contributed by atoms with Crippen molar-refractivity contribution in [2.45, 2.75) is 25.8 Å². The van der Waals surface area contributed by atoms with Crippen molar-refractivity contribution in [3.8, 4) is 0 Å². The highest BCUT2D eigenvalue weighted by molar-refractivity contribution is 6.13. The molecule has 124 valence electrons. The Kier molecular flexibility index (Phi) is 4.60. The maximum atomic E-state index is 11.6. The van der Waals surface area contributed by atoms with Gasteiger partial charge in [-0.3, -0.25) is 5.01 Å². The van der Waals surface area contributed by atoms with Crippen molar-refractivity contribution in [2.24, 2.45) is 11.0 Å². The predicted molar refractivity (Wildman–Crippen MR) is 93.2 cm³/mol. The Bertz CT molecular complexity index is 731. The molecule has 0 bridgehead atoms. The average molecular weight is 324 g/mol. The number of anilines is 1. The fourth-order valence-electron chi connectivity index (χ4n) is 3.05. The first-order chi connectivity index (χ1) is 11.7. The van der Waals surface area contributed by atoms with E-state index in [0.717, 1.165) is 36.1 Å². The number of aldehydes is 1. The third kappa shape index (κ3) is 2.89. The first kappa shape index (κ1) is 16.2. The summed E-state index contributed by atoms with van der Waals surface area (Å²) in [6, 6.07) is 6.98. The molecule has 1 aromatic rings. The molecule has 1 aromatic carbocycles.